The number of ether oxygens (including phenoxy) is 1. The number of carbonyl (C=O) groups excluding carboxylic acids is 3. The van der Waals surface area contributed by atoms with Gasteiger partial charge in [0.05, 0.1) is 0 Å². The number of hydrogen-bond acceptors (Lipinski definition) is 4. The van der Waals surface area contributed by atoms with E-state index in [1.54, 1.807) is 29.2 Å². The van der Waals surface area contributed by atoms with Gasteiger partial charge in [0.25, 0.3) is 5.91 Å². The van der Waals surface area contributed by atoms with Gasteiger partial charge in [-0.05, 0) is 31.0 Å². The monoisotopic (exact) mass is 346 g/mol. The molecule has 1 N–H and O–H groups in total. The molecule has 1 aliphatic heterocycles. The number of esters is 1. The van der Waals surface area contributed by atoms with E-state index < -0.39 is 11.4 Å². The molecule has 1 heterocycles. The lowest BCUT2D eigenvalue weighted by Crippen LogP contribution is -2.49. The largest absolute Gasteiger partial charge is 0.427 e. The lowest BCUT2D eigenvalue weighted by atomic mass is 9.94. The molecule has 0 unspecified atom stereocenters. The number of nitrogens with one attached hydrogen (secondary N) is 1. The summed E-state index contributed by atoms with van der Waals surface area (Å²) >= 11 is 0. The third kappa shape index (κ3) is 5.31. The summed E-state index contributed by atoms with van der Waals surface area (Å²) in [7, 11) is 0. The molecule has 1 saturated heterocycles. The molecule has 25 heavy (non-hydrogen) atoms. The number of nitrogens with zero attached hydrogens (tertiary/aromatic N) is 1. The Morgan fingerprint density at radius 1 is 1.16 bits per heavy atom. The highest BCUT2D eigenvalue weighted by Gasteiger charge is 2.28. The minimum absolute atomic E-state index is 0.0337. The topological polar surface area (TPSA) is 75.7 Å². The highest BCUT2D eigenvalue weighted by Crippen LogP contribution is 2.19. The molecular weight excluding hydrogens is 320 g/mol. The SMILES string of the molecule is CC(=O)Oc1cccc(C(=O)N2CCC(NC(=O)C(C)(C)C)CC2)c1. The van der Waals surface area contributed by atoms with Crippen molar-refractivity contribution < 1.29 is 19.1 Å². The summed E-state index contributed by atoms with van der Waals surface area (Å²) in [5, 5.41) is 3.05. The molecule has 0 radical (unpaired) electrons. The lowest BCUT2D eigenvalue weighted by Gasteiger charge is -2.33. The fourth-order valence-electron chi connectivity index (χ4n) is 2.67. The number of hydrogen-bond donors (Lipinski definition) is 1. The van der Waals surface area contributed by atoms with Crippen molar-refractivity contribution in [1.82, 2.24) is 10.2 Å². The maximum absolute atomic E-state index is 12.6. The quantitative estimate of drug-likeness (QED) is 0.673. The van der Waals surface area contributed by atoms with Gasteiger partial charge < -0.3 is 15.0 Å². The number of rotatable bonds is 3. The average Bonchev–Trinajstić information content (AvgIpc) is 2.53. The fourth-order valence-corrected chi connectivity index (χ4v) is 2.67. The van der Waals surface area contributed by atoms with Crippen LogP contribution < -0.4 is 10.1 Å². The van der Waals surface area contributed by atoms with Crippen molar-refractivity contribution in [2.45, 2.75) is 46.6 Å². The molecule has 1 fully saturated rings. The minimum atomic E-state index is -0.417. The number of carbonyl (C=O) groups is 3. The lowest BCUT2D eigenvalue weighted by molar-refractivity contribution is -0.132. The van der Waals surface area contributed by atoms with Crippen molar-refractivity contribution >= 4 is 17.8 Å². The predicted molar refractivity (Wildman–Crippen MR) is 94.3 cm³/mol. The molecular formula is C19H26N2O4. The van der Waals surface area contributed by atoms with Crippen molar-refractivity contribution in [3.63, 3.8) is 0 Å². The molecule has 0 aromatic heterocycles. The van der Waals surface area contributed by atoms with E-state index in [0.29, 0.717) is 24.4 Å². The summed E-state index contributed by atoms with van der Waals surface area (Å²) in [5.41, 5.74) is 0.0836. The van der Waals surface area contributed by atoms with Gasteiger partial charge in [-0.15, -0.1) is 0 Å². The Kier molecular flexibility index (Phi) is 5.82. The van der Waals surface area contributed by atoms with Gasteiger partial charge in [-0.3, -0.25) is 14.4 Å². The van der Waals surface area contributed by atoms with Gasteiger partial charge in [0, 0.05) is 37.0 Å². The molecule has 6 nitrogen and oxygen atoms in total. The molecule has 136 valence electrons. The minimum Gasteiger partial charge on any atom is -0.427 e. The first-order valence-electron chi connectivity index (χ1n) is 8.55. The molecule has 0 bridgehead atoms. The number of amides is 2. The fraction of sp³-hybridized carbons (Fsp3) is 0.526. The Labute approximate surface area is 148 Å². The maximum atomic E-state index is 12.6. The van der Waals surface area contributed by atoms with E-state index in [4.69, 9.17) is 4.74 Å². The smallest absolute Gasteiger partial charge is 0.308 e. The van der Waals surface area contributed by atoms with Crippen LogP contribution in [0.4, 0.5) is 0 Å². The average molecular weight is 346 g/mol. The van der Waals surface area contributed by atoms with Crippen LogP contribution >= 0.6 is 0 Å². The Morgan fingerprint density at radius 3 is 2.36 bits per heavy atom. The summed E-state index contributed by atoms with van der Waals surface area (Å²) < 4.78 is 5.03. The molecule has 0 aliphatic carbocycles. The summed E-state index contributed by atoms with van der Waals surface area (Å²) in [6, 6.07) is 6.73. The van der Waals surface area contributed by atoms with Crippen LogP contribution in [0, 0.1) is 5.41 Å². The van der Waals surface area contributed by atoms with Crippen LogP contribution in [0.3, 0.4) is 0 Å². The number of piperidine rings is 1. The van der Waals surface area contributed by atoms with Gasteiger partial charge in [-0.2, -0.15) is 0 Å². The molecule has 0 spiro atoms. The van der Waals surface area contributed by atoms with Crippen molar-refractivity contribution in [3.8, 4) is 5.75 Å². The Morgan fingerprint density at radius 2 is 1.80 bits per heavy atom. The van der Waals surface area contributed by atoms with Crippen LogP contribution in [-0.4, -0.2) is 41.8 Å². The van der Waals surface area contributed by atoms with Gasteiger partial charge >= 0.3 is 5.97 Å². The highest BCUT2D eigenvalue weighted by molar-refractivity contribution is 5.94. The van der Waals surface area contributed by atoms with E-state index in [-0.39, 0.29) is 17.9 Å². The first-order valence-corrected chi connectivity index (χ1v) is 8.55. The van der Waals surface area contributed by atoms with Gasteiger partial charge in [0.1, 0.15) is 5.75 Å². The first kappa shape index (κ1) is 19.0. The van der Waals surface area contributed by atoms with Gasteiger partial charge in [0.2, 0.25) is 5.91 Å². The van der Waals surface area contributed by atoms with Crippen molar-refractivity contribution in [2.24, 2.45) is 5.41 Å². The molecule has 2 amide bonds. The zero-order valence-electron chi connectivity index (χ0n) is 15.3. The van der Waals surface area contributed by atoms with Crippen molar-refractivity contribution in [1.29, 1.82) is 0 Å². The van der Waals surface area contributed by atoms with Crippen LogP contribution in [0.15, 0.2) is 24.3 Å². The zero-order chi connectivity index (χ0) is 18.6. The third-order valence-electron chi connectivity index (χ3n) is 4.14. The summed E-state index contributed by atoms with van der Waals surface area (Å²) in [5.74, 6) is -0.105. The molecule has 1 aromatic carbocycles. The van der Waals surface area contributed by atoms with E-state index in [0.717, 1.165) is 12.8 Å². The van der Waals surface area contributed by atoms with E-state index >= 15 is 0 Å². The van der Waals surface area contributed by atoms with Gasteiger partial charge in [-0.25, -0.2) is 0 Å². The maximum Gasteiger partial charge on any atom is 0.308 e. The summed E-state index contributed by atoms with van der Waals surface area (Å²) in [4.78, 5) is 37.5. The number of likely N-dealkylation sites (tertiary alicyclic amines) is 1. The van der Waals surface area contributed by atoms with Gasteiger partial charge in [-0.1, -0.05) is 26.8 Å². The Bertz CT molecular complexity index is 656. The Hall–Kier alpha value is -2.37. The zero-order valence-corrected chi connectivity index (χ0v) is 15.3. The second-order valence-corrected chi connectivity index (χ2v) is 7.41. The Balaban J connectivity index is 1.93. The van der Waals surface area contributed by atoms with Crippen molar-refractivity contribution in [2.75, 3.05) is 13.1 Å². The summed E-state index contributed by atoms with van der Waals surface area (Å²) in [6.45, 7) is 8.16. The highest BCUT2D eigenvalue weighted by atomic mass is 16.5. The second kappa shape index (κ2) is 7.68. The molecule has 6 heteroatoms. The van der Waals surface area contributed by atoms with E-state index in [1.165, 1.54) is 6.92 Å². The summed E-state index contributed by atoms with van der Waals surface area (Å²) in [6.07, 6.45) is 1.47. The molecule has 1 aromatic rings. The second-order valence-electron chi connectivity index (χ2n) is 7.41. The molecule has 2 rings (SSSR count). The van der Waals surface area contributed by atoms with E-state index in [9.17, 15) is 14.4 Å². The normalized spacial score (nSPS) is 15.6. The van der Waals surface area contributed by atoms with Crippen LogP contribution in [0.25, 0.3) is 0 Å². The standard InChI is InChI=1S/C19H26N2O4/c1-13(22)25-16-7-5-6-14(12-16)17(23)21-10-8-15(9-11-21)20-18(24)19(2,3)4/h5-7,12,15H,8-11H2,1-4H3,(H,20,24). The van der Waals surface area contributed by atoms with Crippen LogP contribution in [0.2, 0.25) is 0 Å². The van der Waals surface area contributed by atoms with E-state index in [1.807, 2.05) is 20.8 Å². The van der Waals surface area contributed by atoms with Crippen LogP contribution in [0.1, 0.15) is 50.9 Å². The molecule has 1 aliphatic rings. The number of benzene rings is 1. The molecule has 0 saturated carbocycles. The first-order chi connectivity index (χ1) is 11.7. The van der Waals surface area contributed by atoms with Crippen molar-refractivity contribution in [3.05, 3.63) is 29.8 Å². The van der Waals surface area contributed by atoms with E-state index in [2.05, 4.69) is 5.32 Å². The van der Waals surface area contributed by atoms with Gasteiger partial charge in [0.15, 0.2) is 0 Å². The predicted octanol–water partition coefficient (Wildman–Crippen LogP) is 2.38. The third-order valence-corrected chi connectivity index (χ3v) is 4.14. The molecule has 0 atom stereocenters. The van der Waals surface area contributed by atoms with Crippen LogP contribution in [0.5, 0.6) is 5.75 Å². The van der Waals surface area contributed by atoms with Crippen LogP contribution in [-0.2, 0) is 9.59 Å².